The average molecular weight is 391 g/mol. The Morgan fingerprint density at radius 3 is 2.76 bits per heavy atom. The van der Waals surface area contributed by atoms with Gasteiger partial charge in [-0.2, -0.15) is 0 Å². The summed E-state index contributed by atoms with van der Waals surface area (Å²) in [4.78, 5) is 30.3. The maximum Gasteiger partial charge on any atom is 0.343 e. The van der Waals surface area contributed by atoms with Gasteiger partial charge in [0, 0.05) is 22.2 Å². The van der Waals surface area contributed by atoms with Crippen LogP contribution in [-0.2, 0) is 34.7 Å². The molecule has 0 saturated carbocycles. The molecule has 29 heavy (non-hydrogen) atoms. The number of nitrogens with zero attached hydrogens (tertiary/aromatic N) is 2. The first-order valence-corrected chi connectivity index (χ1v) is 9.77. The number of ether oxygens (including phenoxy) is 1. The van der Waals surface area contributed by atoms with E-state index in [0.29, 0.717) is 29.1 Å². The molecular formula is C22H21N3O4. The summed E-state index contributed by atoms with van der Waals surface area (Å²) < 4.78 is 6.78. The van der Waals surface area contributed by atoms with Gasteiger partial charge in [0.05, 0.1) is 29.0 Å². The molecule has 7 nitrogen and oxygen atoms in total. The molecule has 2 aliphatic rings. The number of esters is 1. The van der Waals surface area contributed by atoms with Gasteiger partial charge < -0.3 is 20.1 Å². The summed E-state index contributed by atoms with van der Waals surface area (Å²) in [6, 6.07) is 7.34. The van der Waals surface area contributed by atoms with Crippen LogP contribution < -0.4 is 11.3 Å². The largest absolute Gasteiger partial charge is 0.458 e. The molecule has 7 heteroatoms. The van der Waals surface area contributed by atoms with Crippen molar-refractivity contribution in [2.24, 2.45) is 0 Å². The zero-order chi connectivity index (χ0) is 20.5. The number of aliphatic hydroxyl groups is 1. The molecule has 0 aliphatic carbocycles. The normalized spacial score (nSPS) is 19.6. The van der Waals surface area contributed by atoms with Crippen molar-refractivity contribution >= 4 is 22.6 Å². The minimum atomic E-state index is -1.82. The third-order valence-electron chi connectivity index (χ3n) is 6.18. The van der Waals surface area contributed by atoms with E-state index in [1.54, 1.807) is 17.6 Å². The number of rotatable bonds is 2. The van der Waals surface area contributed by atoms with Crippen molar-refractivity contribution in [1.82, 2.24) is 9.55 Å². The zero-order valence-corrected chi connectivity index (χ0v) is 16.3. The van der Waals surface area contributed by atoms with Gasteiger partial charge in [-0.3, -0.25) is 4.79 Å². The molecule has 0 unspecified atom stereocenters. The number of aromatic nitrogens is 2. The first kappa shape index (κ1) is 17.9. The van der Waals surface area contributed by atoms with Crippen molar-refractivity contribution < 1.29 is 14.6 Å². The number of carbonyl (C=O) groups excluding carboxylic acids is 1. The smallest absolute Gasteiger partial charge is 0.343 e. The highest BCUT2D eigenvalue weighted by molar-refractivity contribution is 5.90. The van der Waals surface area contributed by atoms with Crippen LogP contribution in [0.15, 0.2) is 29.1 Å². The van der Waals surface area contributed by atoms with Gasteiger partial charge in [0.15, 0.2) is 5.60 Å². The van der Waals surface area contributed by atoms with Crippen molar-refractivity contribution in [2.45, 2.75) is 45.4 Å². The number of aryl methyl sites for hydroxylation is 1. The molecule has 0 bridgehead atoms. The topological polar surface area (TPSA) is 107 Å². The van der Waals surface area contributed by atoms with E-state index < -0.39 is 11.6 Å². The van der Waals surface area contributed by atoms with Crippen LogP contribution in [0.1, 0.15) is 42.5 Å². The van der Waals surface area contributed by atoms with E-state index in [9.17, 15) is 14.7 Å². The summed E-state index contributed by atoms with van der Waals surface area (Å²) in [5.74, 6) is -0.716. The van der Waals surface area contributed by atoms with Crippen LogP contribution >= 0.6 is 0 Å². The predicted molar refractivity (Wildman–Crippen MR) is 108 cm³/mol. The van der Waals surface area contributed by atoms with Gasteiger partial charge in [0.2, 0.25) is 0 Å². The Kier molecular flexibility index (Phi) is 3.64. The highest BCUT2D eigenvalue weighted by Crippen LogP contribution is 2.40. The summed E-state index contributed by atoms with van der Waals surface area (Å²) in [6.07, 6.45) is 0.896. The van der Waals surface area contributed by atoms with E-state index in [1.807, 2.05) is 18.2 Å². The fourth-order valence-corrected chi connectivity index (χ4v) is 4.58. The molecule has 148 valence electrons. The van der Waals surface area contributed by atoms with E-state index in [1.165, 1.54) is 0 Å². The third-order valence-corrected chi connectivity index (χ3v) is 6.18. The zero-order valence-electron chi connectivity index (χ0n) is 16.3. The van der Waals surface area contributed by atoms with Crippen LogP contribution in [0.3, 0.4) is 0 Å². The Balaban J connectivity index is 1.84. The van der Waals surface area contributed by atoms with Crippen molar-refractivity contribution in [2.75, 3.05) is 5.73 Å². The molecule has 3 aromatic rings. The van der Waals surface area contributed by atoms with Gasteiger partial charge in [-0.25, -0.2) is 9.78 Å². The van der Waals surface area contributed by atoms with Gasteiger partial charge in [-0.15, -0.1) is 0 Å². The van der Waals surface area contributed by atoms with Crippen LogP contribution in [0.4, 0.5) is 5.69 Å². The molecule has 5 rings (SSSR count). The van der Waals surface area contributed by atoms with E-state index in [2.05, 4.69) is 6.92 Å². The molecule has 0 spiro atoms. The molecular weight excluding hydrogens is 370 g/mol. The fourth-order valence-electron chi connectivity index (χ4n) is 4.58. The maximum atomic E-state index is 13.2. The second kappa shape index (κ2) is 5.90. The fraction of sp³-hybridized carbons (Fsp3) is 0.318. The van der Waals surface area contributed by atoms with Crippen molar-refractivity contribution in [3.05, 3.63) is 56.9 Å². The minimum Gasteiger partial charge on any atom is -0.458 e. The molecule has 2 aliphatic heterocycles. The maximum absolute atomic E-state index is 13.2. The lowest BCUT2D eigenvalue weighted by molar-refractivity contribution is -0.172. The second-order valence-corrected chi connectivity index (χ2v) is 7.65. The van der Waals surface area contributed by atoms with Crippen molar-refractivity contribution in [1.29, 1.82) is 0 Å². The average Bonchev–Trinajstić information content (AvgIpc) is 3.08. The minimum absolute atomic E-state index is 0.124. The third kappa shape index (κ3) is 2.25. The number of fused-ring (bicyclic) bond motifs is 5. The van der Waals surface area contributed by atoms with Crippen LogP contribution in [0.2, 0.25) is 0 Å². The summed E-state index contributed by atoms with van der Waals surface area (Å²) >= 11 is 0. The Morgan fingerprint density at radius 1 is 1.24 bits per heavy atom. The number of hydrogen-bond donors (Lipinski definition) is 2. The lowest BCUT2D eigenvalue weighted by Gasteiger charge is -2.31. The van der Waals surface area contributed by atoms with E-state index >= 15 is 0 Å². The first-order chi connectivity index (χ1) is 13.9. The molecule has 1 atom stereocenters. The second-order valence-electron chi connectivity index (χ2n) is 7.65. The molecule has 0 fully saturated rings. The van der Waals surface area contributed by atoms with Gasteiger partial charge in [0.1, 0.15) is 6.61 Å². The molecule has 0 amide bonds. The molecule has 2 aromatic heterocycles. The Morgan fingerprint density at radius 2 is 2.03 bits per heavy atom. The van der Waals surface area contributed by atoms with Crippen LogP contribution in [0, 0.1) is 0 Å². The number of nitrogen functional groups attached to an aromatic ring is 1. The Hall–Kier alpha value is -3.19. The van der Waals surface area contributed by atoms with Gasteiger partial charge in [0.25, 0.3) is 5.56 Å². The summed E-state index contributed by atoms with van der Waals surface area (Å²) in [6.45, 7) is 4.03. The summed E-state index contributed by atoms with van der Waals surface area (Å²) in [5, 5.41) is 11.9. The quantitative estimate of drug-likeness (QED) is 0.401. The molecule has 1 aromatic carbocycles. The van der Waals surface area contributed by atoms with E-state index in [0.717, 1.165) is 34.1 Å². The molecule has 4 heterocycles. The molecule has 0 radical (unpaired) electrons. The Bertz CT molecular complexity index is 1280. The highest BCUT2D eigenvalue weighted by atomic mass is 16.6. The van der Waals surface area contributed by atoms with Crippen LogP contribution in [0.25, 0.3) is 22.3 Å². The SMILES string of the molecule is CCc1c2c(nc3ccc(N)cc13)-c1cc3c(c(=O)n1C2)COC(=O)[C@]3(O)CC. The van der Waals surface area contributed by atoms with Gasteiger partial charge in [-0.05, 0) is 42.7 Å². The monoisotopic (exact) mass is 391 g/mol. The predicted octanol–water partition coefficient (Wildman–Crippen LogP) is 2.22. The van der Waals surface area contributed by atoms with Crippen molar-refractivity contribution in [3.63, 3.8) is 0 Å². The number of cyclic esters (lactones) is 1. The lowest BCUT2D eigenvalue weighted by Crippen LogP contribution is -2.44. The number of carbonyl (C=O) groups is 1. The van der Waals surface area contributed by atoms with E-state index in [4.69, 9.17) is 15.5 Å². The van der Waals surface area contributed by atoms with Gasteiger partial charge >= 0.3 is 5.97 Å². The van der Waals surface area contributed by atoms with E-state index in [-0.39, 0.29) is 18.6 Å². The summed E-state index contributed by atoms with van der Waals surface area (Å²) in [5.41, 5.74) is 9.49. The molecule has 0 saturated heterocycles. The Labute approximate surface area is 166 Å². The highest BCUT2D eigenvalue weighted by Gasteiger charge is 2.45. The number of pyridine rings is 2. The van der Waals surface area contributed by atoms with Gasteiger partial charge in [-0.1, -0.05) is 13.8 Å². The summed E-state index contributed by atoms with van der Waals surface area (Å²) in [7, 11) is 0. The van der Waals surface area contributed by atoms with Crippen LogP contribution in [-0.4, -0.2) is 20.6 Å². The molecule has 3 N–H and O–H groups in total. The van der Waals surface area contributed by atoms with Crippen molar-refractivity contribution in [3.8, 4) is 11.4 Å². The standard InChI is InChI=1S/C22H21N3O4/c1-3-12-13-7-11(23)5-6-17(13)24-19-14(12)9-25-18(19)8-16-15(20(25)26)10-29-21(27)22(16,28)4-2/h5-8,28H,3-4,9-10,23H2,1-2H3/t22-/m0/s1. The number of hydrogen-bond acceptors (Lipinski definition) is 6. The van der Waals surface area contributed by atoms with Crippen LogP contribution in [0.5, 0.6) is 0 Å². The number of anilines is 1. The number of nitrogens with two attached hydrogens (primary N) is 1. The lowest BCUT2D eigenvalue weighted by atomic mass is 9.86. The first-order valence-electron chi connectivity index (χ1n) is 9.77. The number of benzene rings is 1.